The predicted octanol–water partition coefficient (Wildman–Crippen LogP) is 5.45. The third-order valence-corrected chi connectivity index (χ3v) is 4.26. The van der Waals surface area contributed by atoms with Crippen molar-refractivity contribution < 1.29 is 9.18 Å². The molecule has 6 heteroatoms. The van der Waals surface area contributed by atoms with Crippen LogP contribution in [-0.4, -0.2) is 24.0 Å². The molecule has 1 N–H and O–H groups in total. The van der Waals surface area contributed by atoms with E-state index in [9.17, 15) is 9.18 Å². The van der Waals surface area contributed by atoms with E-state index in [4.69, 9.17) is 23.2 Å². The second-order valence-corrected chi connectivity index (χ2v) is 6.39. The van der Waals surface area contributed by atoms with Gasteiger partial charge in [-0.3, -0.25) is 0 Å². The van der Waals surface area contributed by atoms with Crippen LogP contribution in [0.2, 0.25) is 10.0 Å². The number of carbonyl (C=O) groups excluding carboxylic acids is 1. The van der Waals surface area contributed by atoms with E-state index in [0.717, 1.165) is 17.6 Å². The summed E-state index contributed by atoms with van der Waals surface area (Å²) in [6, 6.07) is 11.1. The van der Waals surface area contributed by atoms with Crippen molar-refractivity contribution in [3.63, 3.8) is 0 Å². The molecule has 3 rings (SSSR count). The van der Waals surface area contributed by atoms with Crippen LogP contribution in [0.25, 0.3) is 5.57 Å². The lowest BCUT2D eigenvalue weighted by atomic mass is 10.00. The molecule has 0 spiro atoms. The van der Waals surface area contributed by atoms with Crippen LogP contribution in [-0.2, 0) is 0 Å². The largest absolute Gasteiger partial charge is 0.322 e. The normalized spacial score (nSPS) is 14.3. The topological polar surface area (TPSA) is 32.3 Å². The molecule has 124 valence electrons. The van der Waals surface area contributed by atoms with E-state index >= 15 is 0 Å². The third-order valence-electron chi connectivity index (χ3n) is 3.83. The summed E-state index contributed by atoms with van der Waals surface area (Å²) in [5, 5.41) is 3.73. The molecule has 0 bridgehead atoms. The van der Waals surface area contributed by atoms with E-state index < -0.39 is 0 Å². The lowest BCUT2D eigenvalue weighted by molar-refractivity contribution is 0.217. The highest BCUT2D eigenvalue weighted by atomic mass is 35.5. The molecule has 0 saturated carbocycles. The Balaban J connectivity index is 1.65. The number of halogens is 3. The van der Waals surface area contributed by atoms with E-state index in [1.165, 1.54) is 12.1 Å². The van der Waals surface area contributed by atoms with Crippen molar-refractivity contribution in [3.05, 3.63) is 70.0 Å². The minimum atomic E-state index is -0.253. The Kier molecular flexibility index (Phi) is 5.07. The van der Waals surface area contributed by atoms with Gasteiger partial charge in [-0.2, -0.15) is 0 Å². The summed E-state index contributed by atoms with van der Waals surface area (Å²) in [5.41, 5.74) is 2.66. The van der Waals surface area contributed by atoms with Crippen molar-refractivity contribution in [2.75, 3.05) is 18.4 Å². The van der Waals surface area contributed by atoms with Crippen molar-refractivity contribution in [2.45, 2.75) is 6.42 Å². The number of anilines is 1. The zero-order chi connectivity index (χ0) is 17.1. The van der Waals surface area contributed by atoms with Crippen LogP contribution in [0.3, 0.4) is 0 Å². The van der Waals surface area contributed by atoms with Crippen LogP contribution in [0.4, 0.5) is 14.9 Å². The second-order valence-electron chi connectivity index (χ2n) is 5.52. The molecule has 0 fully saturated rings. The highest BCUT2D eigenvalue weighted by Gasteiger charge is 2.18. The van der Waals surface area contributed by atoms with Crippen molar-refractivity contribution in [3.8, 4) is 0 Å². The average Bonchev–Trinajstić information content (AvgIpc) is 2.55. The number of carbonyl (C=O) groups is 1. The number of hydrogen-bond acceptors (Lipinski definition) is 1. The Bertz CT molecular complexity index is 770. The van der Waals surface area contributed by atoms with Gasteiger partial charge in [0.15, 0.2) is 0 Å². The zero-order valence-electron chi connectivity index (χ0n) is 12.7. The predicted molar refractivity (Wildman–Crippen MR) is 96.0 cm³/mol. The summed E-state index contributed by atoms with van der Waals surface area (Å²) < 4.78 is 13.0. The molecule has 1 aliphatic rings. The quantitative estimate of drug-likeness (QED) is 0.754. The van der Waals surface area contributed by atoms with Gasteiger partial charge in [0.1, 0.15) is 5.82 Å². The van der Waals surface area contributed by atoms with Gasteiger partial charge in [-0.25, -0.2) is 9.18 Å². The minimum absolute atomic E-state index is 0.206. The van der Waals surface area contributed by atoms with E-state index in [1.807, 2.05) is 6.08 Å². The van der Waals surface area contributed by atoms with Gasteiger partial charge >= 0.3 is 6.03 Å². The molecule has 2 aromatic carbocycles. The molecular weight excluding hydrogens is 350 g/mol. The van der Waals surface area contributed by atoms with Crippen molar-refractivity contribution in [1.82, 2.24) is 4.90 Å². The SMILES string of the molecule is O=C(Nc1cc(Cl)cc(Cl)c1)N1CC=C(c2ccc(F)cc2)CC1. The van der Waals surface area contributed by atoms with Crippen LogP contribution in [0.5, 0.6) is 0 Å². The Morgan fingerprint density at radius 1 is 1.08 bits per heavy atom. The number of nitrogens with zero attached hydrogens (tertiary/aromatic N) is 1. The first-order valence-electron chi connectivity index (χ1n) is 7.48. The number of rotatable bonds is 2. The van der Waals surface area contributed by atoms with Crippen LogP contribution in [0.15, 0.2) is 48.5 Å². The van der Waals surface area contributed by atoms with Crippen molar-refractivity contribution in [2.24, 2.45) is 0 Å². The summed E-state index contributed by atoms with van der Waals surface area (Å²) in [6.45, 7) is 1.08. The van der Waals surface area contributed by atoms with Crippen LogP contribution in [0, 0.1) is 5.82 Å². The number of benzene rings is 2. The zero-order valence-corrected chi connectivity index (χ0v) is 14.2. The smallest absolute Gasteiger partial charge is 0.320 e. The molecule has 2 aromatic rings. The van der Waals surface area contributed by atoms with E-state index in [1.54, 1.807) is 35.2 Å². The maximum atomic E-state index is 13.0. The number of urea groups is 1. The molecule has 24 heavy (non-hydrogen) atoms. The average molecular weight is 365 g/mol. The third kappa shape index (κ3) is 4.08. The molecule has 0 unspecified atom stereocenters. The molecule has 0 saturated heterocycles. The summed E-state index contributed by atoms with van der Waals surface area (Å²) in [7, 11) is 0. The maximum absolute atomic E-state index is 13.0. The molecule has 3 nitrogen and oxygen atoms in total. The fourth-order valence-corrected chi connectivity index (χ4v) is 3.13. The van der Waals surface area contributed by atoms with E-state index in [2.05, 4.69) is 5.32 Å². The lowest BCUT2D eigenvalue weighted by Gasteiger charge is -2.27. The molecule has 1 heterocycles. The van der Waals surface area contributed by atoms with Crippen molar-refractivity contribution in [1.29, 1.82) is 0 Å². The fraction of sp³-hybridized carbons (Fsp3) is 0.167. The molecular formula is C18H15Cl2FN2O. The molecule has 0 radical (unpaired) electrons. The molecule has 0 aromatic heterocycles. The minimum Gasteiger partial charge on any atom is -0.320 e. The van der Waals surface area contributed by atoms with Crippen molar-refractivity contribution >= 4 is 40.5 Å². The molecule has 0 aliphatic carbocycles. The summed E-state index contributed by atoms with van der Waals surface area (Å²) in [5.74, 6) is -0.253. The van der Waals surface area contributed by atoms with Crippen LogP contribution in [0.1, 0.15) is 12.0 Å². The lowest BCUT2D eigenvalue weighted by Crippen LogP contribution is -2.37. The Morgan fingerprint density at radius 3 is 2.33 bits per heavy atom. The van der Waals surface area contributed by atoms with Gasteiger partial charge in [0.25, 0.3) is 0 Å². The summed E-state index contributed by atoms with van der Waals surface area (Å²) in [6.07, 6.45) is 2.70. The first-order chi connectivity index (χ1) is 11.5. The first-order valence-corrected chi connectivity index (χ1v) is 8.24. The summed E-state index contributed by atoms with van der Waals surface area (Å²) in [4.78, 5) is 14.0. The van der Waals surface area contributed by atoms with E-state index in [0.29, 0.717) is 28.8 Å². The number of hydrogen-bond donors (Lipinski definition) is 1. The first kappa shape index (κ1) is 16.8. The van der Waals surface area contributed by atoms with Gasteiger partial charge in [0, 0.05) is 28.8 Å². The molecule has 0 atom stereocenters. The monoisotopic (exact) mass is 364 g/mol. The maximum Gasteiger partial charge on any atom is 0.322 e. The standard InChI is InChI=1S/C18H15Cl2FN2O/c19-14-9-15(20)11-17(10-14)22-18(24)23-7-5-13(6-8-23)12-1-3-16(21)4-2-12/h1-5,9-11H,6-8H2,(H,22,24). The van der Waals surface area contributed by atoms with Gasteiger partial charge in [-0.05, 0) is 47.9 Å². The van der Waals surface area contributed by atoms with E-state index in [-0.39, 0.29) is 11.8 Å². The molecule has 2 amide bonds. The Hall–Kier alpha value is -2.04. The van der Waals surface area contributed by atoms with Gasteiger partial charge in [0.2, 0.25) is 0 Å². The highest BCUT2D eigenvalue weighted by molar-refractivity contribution is 6.35. The van der Waals surface area contributed by atoms with Gasteiger partial charge < -0.3 is 10.2 Å². The Labute approximate surface area is 149 Å². The Morgan fingerprint density at radius 2 is 1.75 bits per heavy atom. The highest BCUT2D eigenvalue weighted by Crippen LogP contribution is 2.25. The molecule has 1 aliphatic heterocycles. The van der Waals surface area contributed by atoms with Gasteiger partial charge in [-0.1, -0.05) is 41.4 Å². The number of amides is 2. The van der Waals surface area contributed by atoms with Crippen LogP contribution < -0.4 is 5.32 Å². The van der Waals surface area contributed by atoms with Crippen LogP contribution >= 0.6 is 23.2 Å². The number of nitrogens with one attached hydrogen (secondary N) is 1. The van der Waals surface area contributed by atoms with Gasteiger partial charge in [0.05, 0.1) is 0 Å². The van der Waals surface area contributed by atoms with Gasteiger partial charge in [-0.15, -0.1) is 0 Å². The summed E-state index contributed by atoms with van der Waals surface area (Å²) >= 11 is 11.9. The fourth-order valence-electron chi connectivity index (χ4n) is 2.61. The second kappa shape index (κ2) is 7.24.